The van der Waals surface area contributed by atoms with Crippen LogP contribution in [0.1, 0.15) is 45.6 Å². The Hall–Kier alpha value is -1.22. The molecule has 3 heteroatoms. The molecule has 3 atom stereocenters. The second-order valence-corrected chi connectivity index (χ2v) is 7.55. The average molecular weight is 275 g/mol. The Kier molecular flexibility index (Phi) is 3.02. The smallest absolute Gasteiger partial charge is 0.157 e. The molecular weight excluding hydrogens is 250 g/mol. The van der Waals surface area contributed by atoms with Gasteiger partial charge in [-0.3, -0.25) is 0 Å². The maximum atomic E-state index is 9.57. The van der Waals surface area contributed by atoms with Crippen LogP contribution in [0.2, 0.25) is 0 Å². The van der Waals surface area contributed by atoms with Crippen molar-refractivity contribution in [3.63, 3.8) is 0 Å². The van der Waals surface area contributed by atoms with Crippen LogP contribution in [0.15, 0.2) is 18.2 Å². The number of phenols is 2. The number of nitrogens with one attached hydrogen (secondary N) is 1. The van der Waals surface area contributed by atoms with Crippen molar-refractivity contribution < 1.29 is 10.2 Å². The van der Waals surface area contributed by atoms with Gasteiger partial charge in [0.2, 0.25) is 0 Å². The quantitative estimate of drug-likeness (QED) is 0.741. The number of benzene rings is 1. The van der Waals surface area contributed by atoms with Crippen LogP contribution >= 0.6 is 0 Å². The molecule has 1 aromatic rings. The largest absolute Gasteiger partial charge is 0.504 e. The highest BCUT2D eigenvalue weighted by atomic mass is 16.3. The van der Waals surface area contributed by atoms with Crippen LogP contribution in [0.25, 0.3) is 0 Å². The highest BCUT2D eigenvalue weighted by molar-refractivity contribution is 5.40. The molecule has 0 heterocycles. The summed E-state index contributed by atoms with van der Waals surface area (Å²) in [6.45, 7) is 7.92. The molecule has 2 saturated carbocycles. The van der Waals surface area contributed by atoms with Gasteiger partial charge in [-0.2, -0.15) is 0 Å². The van der Waals surface area contributed by atoms with Gasteiger partial charge in [0.1, 0.15) is 0 Å². The molecule has 3 unspecified atom stereocenters. The van der Waals surface area contributed by atoms with Gasteiger partial charge in [0, 0.05) is 12.6 Å². The first-order valence-corrected chi connectivity index (χ1v) is 7.57. The molecule has 2 aliphatic rings. The van der Waals surface area contributed by atoms with Gasteiger partial charge in [-0.15, -0.1) is 0 Å². The molecule has 3 nitrogen and oxygen atoms in total. The molecule has 0 aliphatic heterocycles. The van der Waals surface area contributed by atoms with Gasteiger partial charge in [0.25, 0.3) is 0 Å². The second-order valence-electron chi connectivity index (χ2n) is 7.55. The molecule has 3 rings (SSSR count). The van der Waals surface area contributed by atoms with Crippen LogP contribution in [0, 0.1) is 16.7 Å². The molecule has 0 aromatic heterocycles. The summed E-state index contributed by atoms with van der Waals surface area (Å²) in [5, 5.41) is 22.6. The van der Waals surface area contributed by atoms with Gasteiger partial charge >= 0.3 is 0 Å². The van der Waals surface area contributed by atoms with E-state index in [1.807, 2.05) is 6.07 Å². The van der Waals surface area contributed by atoms with Crippen LogP contribution in [0.4, 0.5) is 0 Å². The minimum absolute atomic E-state index is 0.0392. The van der Waals surface area contributed by atoms with Gasteiger partial charge in [-0.25, -0.2) is 0 Å². The lowest BCUT2D eigenvalue weighted by Crippen LogP contribution is -2.49. The third-order valence-electron chi connectivity index (χ3n) is 5.82. The van der Waals surface area contributed by atoms with Crippen LogP contribution in [-0.2, 0) is 6.54 Å². The van der Waals surface area contributed by atoms with E-state index in [4.69, 9.17) is 0 Å². The van der Waals surface area contributed by atoms with Crippen molar-refractivity contribution in [3.05, 3.63) is 23.8 Å². The fraction of sp³-hybridized carbons (Fsp3) is 0.647. The van der Waals surface area contributed by atoms with Crippen molar-refractivity contribution in [2.24, 2.45) is 16.7 Å². The summed E-state index contributed by atoms with van der Waals surface area (Å²) < 4.78 is 0. The first-order valence-electron chi connectivity index (χ1n) is 7.57. The van der Waals surface area contributed by atoms with E-state index in [0.29, 0.717) is 16.9 Å². The Labute approximate surface area is 121 Å². The third kappa shape index (κ3) is 1.99. The number of rotatable bonds is 3. The summed E-state index contributed by atoms with van der Waals surface area (Å²) >= 11 is 0. The summed E-state index contributed by atoms with van der Waals surface area (Å²) in [7, 11) is 0. The molecule has 110 valence electrons. The average Bonchev–Trinajstić information content (AvgIpc) is 2.84. The number of aromatic hydroxyl groups is 2. The number of hydrogen-bond donors (Lipinski definition) is 3. The van der Waals surface area contributed by atoms with Gasteiger partial charge < -0.3 is 15.5 Å². The van der Waals surface area contributed by atoms with Crippen molar-refractivity contribution in [3.8, 4) is 11.5 Å². The lowest BCUT2D eigenvalue weighted by Gasteiger charge is -2.43. The van der Waals surface area contributed by atoms with Crippen LogP contribution < -0.4 is 5.32 Å². The standard InChI is InChI=1S/C17H25NO2/c1-16(2)12-6-7-17(3,9-12)15(16)18-10-11-4-5-13(19)14(20)8-11/h4-5,8,12,15,18-20H,6-7,9-10H2,1-3H3. The van der Waals surface area contributed by atoms with Crippen LogP contribution in [0.5, 0.6) is 11.5 Å². The number of phenolic OH excluding ortho intramolecular Hbond substituents is 2. The van der Waals surface area contributed by atoms with E-state index in [9.17, 15) is 10.2 Å². The summed E-state index contributed by atoms with van der Waals surface area (Å²) in [5.41, 5.74) is 1.77. The Morgan fingerprint density at radius 2 is 1.95 bits per heavy atom. The van der Waals surface area contributed by atoms with E-state index in [1.54, 1.807) is 12.1 Å². The minimum atomic E-state index is -0.0547. The summed E-state index contributed by atoms with van der Waals surface area (Å²) in [4.78, 5) is 0. The fourth-order valence-corrected chi connectivity index (χ4v) is 4.71. The Balaban J connectivity index is 1.73. The van der Waals surface area contributed by atoms with Gasteiger partial charge in [-0.1, -0.05) is 26.8 Å². The van der Waals surface area contributed by atoms with Crippen LogP contribution in [0.3, 0.4) is 0 Å². The van der Waals surface area contributed by atoms with Crippen molar-refractivity contribution in [2.45, 2.75) is 52.6 Å². The van der Waals surface area contributed by atoms with E-state index in [0.717, 1.165) is 18.0 Å². The Morgan fingerprint density at radius 3 is 2.55 bits per heavy atom. The first-order chi connectivity index (χ1) is 9.33. The monoisotopic (exact) mass is 275 g/mol. The van der Waals surface area contributed by atoms with Crippen molar-refractivity contribution >= 4 is 0 Å². The maximum absolute atomic E-state index is 9.57. The molecule has 0 saturated heterocycles. The molecule has 1 aromatic carbocycles. The molecule has 0 radical (unpaired) electrons. The molecule has 20 heavy (non-hydrogen) atoms. The van der Waals surface area contributed by atoms with Gasteiger partial charge in [0.05, 0.1) is 0 Å². The summed E-state index contributed by atoms with van der Waals surface area (Å²) in [6.07, 6.45) is 4.01. The molecule has 0 amide bonds. The number of fused-ring (bicyclic) bond motifs is 2. The van der Waals surface area contributed by atoms with E-state index >= 15 is 0 Å². The molecule has 2 bridgehead atoms. The number of hydrogen-bond acceptors (Lipinski definition) is 3. The molecular formula is C17H25NO2. The van der Waals surface area contributed by atoms with Gasteiger partial charge in [-0.05, 0) is 53.7 Å². The highest BCUT2D eigenvalue weighted by Gasteiger charge is 2.58. The molecule has 3 N–H and O–H groups in total. The van der Waals surface area contributed by atoms with E-state index < -0.39 is 0 Å². The highest BCUT2D eigenvalue weighted by Crippen LogP contribution is 2.62. The van der Waals surface area contributed by atoms with Crippen molar-refractivity contribution in [1.82, 2.24) is 5.32 Å². The predicted octanol–water partition coefficient (Wildman–Crippen LogP) is 3.40. The zero-order chi connectivity index (χ0) is 14.5. The first kappa shape index (κ1) is 13.7. The van der Waals surface area contributed by atoms with Crippen molar-refractivity contribution in [2.75, 3.05) is 0 Å². The normalized spacial score (nSPS) is 34.5. The van der Waals surface area contributed by atoms with E-state index in [2.05, 4.69) is 26.1 Å². The molecule has 2 aliphatic carbocycles. The summed E-state index contributed by atoms with van der Waals surface area (Å²) in [6, 6.07) is 5.58. The Morgan fingerprint density at radius 1 is 1.20 bits per heavy atom. The topological polar surface area (TPSA) is 52.5 Å². The van der Waals surface area contributed by atoms with E-state index in [-0.39, 0.29) is 11.5 Å². The minimum Gasteiger partial charge on any atom is -0.504 e. The lowest BCUT2D eigenvalue weighted by molar-refractivity contribution is 0.108. The molecule has 0 spiro atoms. The summed E-state index contributed by atoms with van der Waals surface area (Å²) in [5.74, 6) is 0.738. The zero-order valence-electron chi connectivity index (χ0n) is 12.6. The van der Waals surface area contributed by atoms with Crippen molar-refractivity contribution in [1.29, 1.82) is 0 Å². The third-order valence-corrected chi connectivity index (χ3v) is 5.82. The molecule has 2 fully saturated rings. The SMILES string of the molecule is CC12CCC(C1)C(C)(C)C2NCc1ccc(O)c(O)c1. The zero-order valence-corrected chi connectivity index (χ0v) is 12.6. The second kappa shape index (κ2) is 4.39. The van der Waals surface area contributed by atoms with Gasteiger partial charge in [0.15, 0.2) is 11.5 Å². The fourth-order valence-electron chi connectivity index (χ4n) is 4.71. The maximum Gasteiger partial charge on any atom is 0.157 e. The lowest BCUT2D eigenvalue weighted by atomic mass is 9.68. The van der Waals surface area contributed by atoms with Crippen LogP contribution in [-0.4, -0.2) is 16.3 Å². The predicted molar refractivity (Wildman–Crippen MR) is 79.6 cm³/mol. The Bertz CT molecular complexity index is 521. The van der Waals surface area contributed by atoms with E-state index in [1.165, 1.54) is 19.3 Å².